The van der Waals surface area contributed by atoms with E-state index in [-0.39, 0.29) is 11.8 Å². The number of amides is 2. The molecule has 2 aromatic carbocycles. The minimum absolute atomic E-state index is 0.0237. The second kappa shape index (κ2) is 10.4. The summed E-state index contributed by atoms with van der Waals surface area (Å²) in [6, 6.07) is 16.0. The molecule has 1 aliphatic heterocycles. The molecule has 9 heteroatoms. The SMILES string of the molecule is COC(=O)c1ccc2c(c1)NC(=O)C2=C(Nc1ccc(N(C)C(=O)CN(C)C)cc1)c1cccnc1. The van der Waals surface area contributed by atoms with Gasteiger partial charge in [-0.1, -0.05) is 6.07 Å². The average Bonchev–Trinajstić information content (AvgIpc) is 3.21. The Morgan fingerprint density at radius 3 is 2.42 bits per heavy atom. The summed E-state index contributed by atoms with van der Waals surface area (Å²) in [6.45, 7) is 0.306. The summed E-state index contributed by atoms with van der Waals surface area (Å²) < 4.78 is 4.79. The minimum Gasteiger partial charge on any atom is -0.465 e. The maximum atomic E-state index is 13.1. The highest BCUT2D eigenvalue weighted by Gasteiger charge is 2.29. The van der Waals surface area contributed by atoms with Crippen LogP contribution in [0.4, 0.5) is 17.1 Å². The monoisotopic (exact) mass is 485 g/mol. The molecule has 184 valence electrons. The number of aromatic nitrogens is 1. The summed E-state index contributed by atoms with van der Waals surface area (Å²) in [7, 11) is 6.74. The number of nitrogens with one attached hydrogen (secondary N) is 2. The van der Waals surface area contributed by atoms with Crippen LogP contribution in [0, 0.1) is 0 Å². The average molecular weight is 486 g/mol. The van der Waals surface area contributed by atoms with Gasteiger partial charge in [-0.15, -0.1) is 0 Å². The quantitative estimate of drug-likeness (QED) is 0.391. The number of carbonyl (C=O) groups is 3. The molecule has 0 fully saturated rings. The van der Waals surface area contributed by atoms with Crippen LogP contribution in [0.25, 0.3) is 11.3 Å². The molecule has 1 aromatic heterocycles. The number of rotatable bonds is 7. The van der Waals surface area contributed by atoms with E-state index < -0.39 is 5.97 Å². The number of methoxy groups -OCH3 is 1. The van der Waals surface area contributed by atoms with E-state index >= 15 is 0 Å². The lowest BCUT2D eigenvalue weighted by atomic mass is 9.99. The van der Waals surface area contributed by atoms with E-state index in [1.807, 2.05) is 49.3 Å². The molecular formula is C27H27N5O4. The molecule has 0 radical (unpaired) electrons. The number of likely N-dealkylation sites (N-methyl/N-ethyl adjacent to an activating group) is 2. The van der Waals surface area contributed by atoms with Crippen LogP contribution in [0.3, 0.4) is 0 Å². The lowest BCUT2D eigenvalue weighted by Gasteiger charge is -2.20. The van der Waals surface area contributed by atoms with Crippen LogP contribution in [-0.4, -0.2) is 62.5 Å². The lowest BCUT2D eigenvalue weighted by Crippen LogP contribution is -2.34. The number of hydrogen-bond acceptors (Lipinski definition) is 7. The normalized spacial score (nSPS) is 13.6. The van der Waals surface area contributed by atoms with Gasteiger partial charge in [0.05, 0.1) is 36.2 Å². The summed E-state index contributed by atoms with van der Waals surface area (Å²) in [5.41, 5.74) is 4.72. The number of hydrogen-bond donors (Lipinski definition) is 2. The predicted molar refractivity (Wildman–Crippen MR) is 139 cm³/mol. The van der Waals surface area contributed by atoms with Gasteiger partial charge in [-0.05, 0) is 62.6 Å². The molecule has 1 aliphatic rings. The Balaban J connectivity index is 1.71. The Kier molecular flexibility index (Phi) is 7.12. The van der Waals surface area contributed by atoms with Gasteiger partial charge in [0.15, 0.2) is 0 Å². The number of anilines is 3. The number of nitrogens with zero attached hydrogens (tertiary/aromatic N) is 3. The fourth-order valence-corrected chi connectivity index (χ4v) is 3.89. The zero-order valence-electron chi connectivity index (χ0n) is 20.5. The second-order valence-corrected chi connectivity index (χ2v) is 8.56. The van der Waals surface area contributed by atoms with Crippen LogP contribution < -0.4 is 15.5 Å². The summed E-state index contributed by atoms with van der Waals surface area (Å²) in [6.07, 6.45) is 3.33. The lowest BCUT2D eigenvalue weighted by molar-refractivity contribution is -0.119. The zero-order chi connectivity index (χ0) is 25.8. The number of pyridine rings is 1. The largest absolute Gasteiger partial charge is 0.465 e. The molecule has 0 saturated carbocycles. The maximum absolute atomic E-state index is 13.1. The Labute approximate surface area is 209 Å². The molecule has 0 spiro atoms. The number of benzene rings is 2. The van der Waals surface area contributed by atoms with Crippen LogP contribution in [0.2, 0.25) is 0 Å². The van der Waals surface area contributed by atoms with E-state index in [9.17, 15) is 14.4 Å². The third-order valence-electron chi connectivity index (χ3n) is 5.74. The van der Waals surface area contributed by atoms with Crippen molar-refractivity contribution in [2.45, 2.75) is 0 Å². The van der Waals surface area contributed by atoms with Crippen LogP contribution >= 0.6 is 0 Å². The predicted octanol–water partition coefficient (Wildman–Crippen LogP) is 3.33. The van der Waals surface area contributed by atoms with Gasteiger partial charge in [-0.2, -0.15) is 0 Å². The molecule has 0 aliphatic carbocycles. The molecule has 2 N–H and O–H groups in total. The Morgan fingerprint density at radius 2 is 1.78 bits per heavy atom. The van der Waals surface area contributed by atoms with E-state index in [4.69, 9.17) is 4.74 Å². The molecule has 0 atom stereocenters. The molecule has 9 nitrogen and oxygen atoms in total. The standard InChI is InChI=1S/C27H27N5O4/c1-31(2)16-23(33)32(3)20-10-8-19(9-11-20)29-25(18-6-5-13-28-15-18)24-21-12-7-17(27(35)36-4)14-22(21)30-26(24)34/h5-15,29H,16H2,1-4H3,(H,30,34). The molecule has 4 rings (SSSR count). The molecule has 0 unspecified atom stereocenters. The van der Waals surface area contributed by atoms with Crippen molar-refractivity contribution < 1.29 is 19.1 Å². The Hall–Kier alpha value is -4.50. The molecule has 2 heterocycles. The van der Waals surface area contributed by atoms with Crippen molar-refractivity contribution in [1.29, 1.82) is 0 Å². The van der Waals surface area contributed by atoms with E-state index in [0.29, 0.717) is 34.6 Å². The summed E-state index contributed by atoms with van der Waals surface area (Å²) in [4.78, 5) is 45.1. The minimum atomic E-state index is -0.482. The third kappa shape index (κ3) is 5.11. The fraction of sp³-hybridized carbons (Fsp3) is 0.185. The highest BCUT2D eigenvalue weighted by atomic mass is 16.5. The molecular weight excluding hydrogens is 458 g/mol. The van der Waals surface area contributed by atoms with Crippen molar-refractivity contribution in [1.82, 2.24) is 9.88 Å². The highest BCUT2D eigenvalue weighted by molar-refractivity contribution is 6.37. The van der Waals surface area contributed by atoms with Gasteiger partial charge in [-0.25, -0.2) is 4.79 Å². The van der Waals surface area contributed by atoms with Crippen molar-refractivity contribution in [3.8, 4) is 0 Å². The Morgan fingerprint density at radius 1 is 1.03 bits per heavy atom. The van der Waals surface area contributed by atoms with Gasteiger partial charge >= 0.3 is 5.97 Å². The van der Waals surface area contributed by atoms with Gasteiger partial charge in [-0.3, -0.25) is 14.6 Å². The van der Waals surface area contributed by atoms with Crippen molar-refractivity contribution >= 4 is 46.1 Å². The third-order valence-corrected chi connectivity index (χ3v) is 5.74. The summed E-state index contributed by atoms with van der Waals surface area (Å²) in [5.74, 6) is -0.808. The first-order valence-electron chi connectivity index (χ1n) is 11.3. The molecule has 3 aromatic rings. The van der Waals surface area contributed by atoms with Crippen LogP contribution in [-0.2, 0) is 14.3 Å². The van der Waals surface area contributed by atoms with Crippen molar-refractivity contribution in [2.75, 3.05) is 50.3 Å². The summed E-state index contributed by atoms with van der Waals surface area (Å²) >= 11 is 0. The van der Waals surface area contributed by atoms with Crippen molar-refractivity contribution in [3.05, 3.63) is 83.7 Å². The fourth-order valence-electron chi connectivity index (χ4n) is 3.89. The van der Waals surface area contributed by atoms with E-state index in [2.05, 4.69) is 15.6 Å². The van der Waals surface area contributed by atoms with E-state index in [0.717, 1.165) is 16.9 Å². The second-order valence-electron chi connectivity index (χ2n) is 8.56. The molecule has 0 saturated heterocycles. The maximum Gasteiger partial charge on any atom is 0.337 e. The zero-order valence-corrected chi connectivity index (χ0v) is 20.5. The first kappa shape index (κ1) is 24.6. The van der Waals surface area contributed by atoms with Crippen molar-refractivity contribution in [2.24, 2.45) is 0 Å². The summed E-state index contributed by atoms with van der Waals surface area (Å²) in [5, 5.41) is 6.20. The smallest absolute Gasteiger partial charge is 0.337 e. The molecule has 36 heavy (non-hydrogen) atoms. The van der Waals surface area contributed by atoms with Crippen LogP contribution in [0.1, 0.15) is 21.5 Å². The van der Waals surface area contributed by atoms with Gasteiger partial charge in [0.2, 0.25) is 5.91 Å². The van der Waals surface area contributed by atoms with Gasteiger partial charge in [0.25, 0.3) is 5.91 Å². The van der Waals surface area contributed by atoms with Crippen LogP contribution in [0.5, 0.6) is 0 Å². The molecule has 2 amide bonds. The van der Waals surface area contributed by atoms with Crippen LogP contribution in [0.15, 0.2) is 67.0 Å². The van der Waals surface area contributed by atoms with Gasteiger partial charge in [0.1, 0.15) is 0 Å². The number of fused-ring (bicyclic) bond motifs is 1. The Bertz CT molecular complexity index is 1330. The van der Waals surface area contributed by atoms with E-state index in [1.165, 1.54) is 7.11 Å². The molecule has 0 bridgehead atoms. The number of esters is 1. The highest BCUT2D eigenvalue weighted by Crippen LogP contribution is 2.38. The number of carbonyl (C=O) groups excluding carboxylic acids is 3. The van der Waals surface area contributed by atoms with Gasteiger partial charge < -0.3 is 25.2 Å². The van der Waals surface area contributed by atoms with Gasteiger partial charge in [0, 0.05) is 41.9 Å². The first-order chi connectivity index (χ1) is 17.3. The van der Waals surface area contributed by atoms with E-state index in [1.54, 1.807) is 48.6 Å². The van der Waals surface area contributed by atoms with Crippen molar-refractivity contribution in [3.63, 3.8) is 0 Å². The topological polar surface area (TPSA) is 104 Å². The number of ether oxygens (including phenoxy) is 1. The first-order valence-corrected chi connectivity index (χ1v) is 11.3.